The van der Waals surface area contributed by atoms with Crippen LogP contribution in [0.15, 0.2) is 30.6 Å². The first-order valence-electron chi connectivity index (χ1n) is 4.41. The standard InChI is InChI=1S/C11H8F2N2/c1-7-5-15-11(6-14-7)9-3-2-8(12)4-10(9)13/h2-6H,1H3. The lowest BCUT2D eigenvalue weighted by Crippen LogP contribution is -1.91. The quantitative estimate of drug-likeness (QED) is 0.716. The molecule has 0 atom stereocenters. The van der Waals surface area contributed by atoms with Gasteiger partial charge in [0.15, 0.2) is 0 Å². The molecule has 0 saturated carbocycles. The zero-order valence-corrected chi connectivity index (χ0v) is 8.04. The van der Waals surface area contributed by atoms with E-state index in [2.05, 4.69) is 9.97 Å². The average Bonchev–Trinajstić information content (AvgIpc) is 2.20. The second kappa shape index (κ2) is 3.73. The van der Waals surface area contributed by atoms with Crippen molar-refractivity contribution in [3.05, 3.63) is 47.9 Å². The van der Waals surface area contributed by atoms with Gasteiger partial charge in [-0.2, -0.15) is 0 Å². The lowest BCUT2D eigenvalue weighted by molar-refractivity contribution is 0.585. The SMILES string of the molecule is Cc1cnc(-c2ccc(F)cc2F)cn1. The van der Waals surface area contributed by atoms with Gasteiger partial charge in [0.2, 0.25) is 0 Å². The van der Waals surface area contributed by atoms with Gasteiger partial charge in [-0.3, -0.25) is 9.97 Å². The molecular formula is C11H8F2N2. The Kier molecular flexibility index (Phi) is 2.41. The maximum absolute atomic E-state index is 13.3. The maximum atomic E-state index is 13.3. The molecule has 0 unspecified atom stereocenters. The first kappa shape index (κ1) is 9.71. The summed E-state index contributed by atoms with van der Waals surface area (Å²) in [5.74, 6) is -1.23. The monoisotopic (exact) mass is 206 g/mol. The van der Waals surface area contributed by atoms with Crippen LogP contribution < -0.4 is 0 Å². The summed E-state index contributed by atoms with van der Waals surface area (Å²) in [5.41, 5.74) is 1.41. The average molecular weight is 206 g/mol. The highest BCUT2D eigenvalue weighted by Gasteiger charge is 2.07. The number of halogens is 2. The summed E-state index contributed by atoms with van der Waals surface area (Å²) < 4.78 is 26.0. The summed E-state index contributed by atoms with van der Waals surface area (Å²) in [6.07, 6.45) is 3.00. The molecule has 0 aliphatic heterocycles. The largest absolute Gasteiger partial charge is 0.258 e. The van der Waals surface area contributed by atoms with Crippen LogP contribution in [0.5, 0.6) is 0 Å². The molecule has 1 aromatic carbocycles. The van der Waals surface area contributed by atoms with Gasteiger partial charge in [-0.1, -0.05) is 0 Å². The Hall–Kier alpha value is -1.84. The Bertz CT molecular complexity index is 480. The van der Waals surface area contributed by atoms with E-state index >= 15 is 0 Å². The molecule has 0 bridgehead atoms. The van der Waals surface area contributed by atoms with E-state index < -0.39 is 11.6 Å². The molecule has 0 radical (unpaired) electrons. The molecule has 2 rings (SSSR count). The smallest absolute Gasteiger partial charge is 0.135 e. The predicted molar refractivity (Wildman–Crippen MR) is 52.1 cm³/mol. The molecule has 2 nitrogen and oxygen atoms in total. The Morgan fingerprint density at radius 3 is 2.47 bits per heavy atom. The predicted octanol–water partition coefficient (Wildman–Crippen LogP) is 2.73. The van der Waals surface area contributed by atoms with Crippen molar-refractivity contribution in [1.29, 1.82) is 0 Å². The number of benzene rings is 1. The molecular weight excluding hydrogens is 198 g/mol. The Balaban J connectivity index is 2.49. The second-order valence-electron chi connectivity index (χ2n) is 3.17. The molecule has 4 heteroatoms. The molecule has 1 aromatic heterocycles. The van der Waals surface area contributed by atoms with Gasteiger partial charge in [0, 0.05) is 17.8 Å². The van der Waals surface area contributed by atoms with Gasteiger partial charge in [0.1, 0.15) is 11.6 Å². The summed E-state index contributed by atoms with van der Waals surface area (Å²) in [6.45, 7) is 1.79. The van der Waals surface area contributed by atoms with Crippen molar-refractivity contribution in [2.75, 3.05) is 0 Å². The molecule has 0 aliphatic carbocycles. The van der Waals surface area contributed by atoms with Gasteiger partial charge >= 0.3 is 0 Å². The van der Waals surface area contributed by atoms with Gasteiger partial charge in [-0.05, 0) is 19.1 Å². The number of hydrogen-bond acceptors (Lipinski definition) is 2. The van der Waals surface area contributed by atoms with Crippen LogP contribution in [0, 0.1) is 18.6 Å². The molecule has 0 saturated heterocycles. The maximum Gasteiger partial charge on any atom is 0.135 e. The zero-order valence-electron chi connectivity index (χ0n) is 8.04. The van der Waals surface area contributed by atoms with Crippen molar-refractivity contribution in [2.24, 2.45) is 0 Å². The number of aryl methyl sites for hydroxylation is 1. The number of rotatable bonds is 1. The topological polar surface area (TPSA) is 25.8 Å². The van der Waals surface area contributed by atoms with Gasteiger partial charge in [0.25, 0.3) is 0 Å². The van der Waals surface area contributed by atoms with Crippen molar-refractivity contribution < 1.29 is 8.78 Å². The first-order chi connectivity index (χ1) is 7.16. The third-order valence-electron chi connectivity index (χ3n) is 1.99. The second-order valence-corrected chi connectivity index (χ2v) is 3.17. The summed E-state index contributed by atoms with van der Waals surface area (Å²) in [7, 11) is 0. The van der Waals surface area contributed by atoms with E-state index in [4.69, 9.17) is 0 Å². The Morgan fingerprint density at radius 2 is 1.87 bits per heavy atom. The van der Waals surface area contributed by atoms with E-state index in [1.165, 1.54) is 24.5 Å². The van der Waals surface area contributed by atoms with Crippen molar-refractivity contribution in [3.63, 3.8) is 0 Å². The molecule has 15 heavy (non-hydrogen) atoms. The van der Waals surface area contributed by atoms with Crippen LogP contribution in [-0.4, -0.2) is 9.97 Å². The van der Waals surface area contributed by atoms with Crippen LogP contribution in [-0.2, 0) is 0 Å². The molecule has 0 aliphatic rings. The fourth-order valence-corrected chi connectivity index (χ4v) is 1.23. The minimum absolute atomic E-state index is 0.254. The molecule has 0 spiro atoms. The third-order valence-corrected chi connectivity index (χ3v) is 1.99. The lowest BCUT2D eigenvalue weighted by atomic mass is 10.1. The molecule has 0 fully saturated rings. The van der Waals surface area contributed by atoms with E-state index in [1.54, 1.807) is 6.92 Å². The zero-order chi connectivity index (χ0) is 10.8. The normalized spacial score (nSPS) is 10.3. The van der Waals surface area contributed by atoms with Crippen molar-refractivity contribution >= 4 is 0 Å². The van der Waals surface area contributed by atoms with Gasteiger partial charge in [0.05, 0.1) is 17.6 Å². The van der Waals surface area contributed by atoms with Gasteiger partial charge in [-0.25, -0.2) is 8.78 Å². The Morgan fingerprint density at radius 1 is 1.07 bits per heavy atom. The third kappa shape index (κ3) is 1.98. The Labute approximate surface area is 85.6 Å². The fraction of sp³-hybridized carbons (Fsp3) is 0.0909. The summed E-state index contributed by atoms with van der Waals surface area (Å²) >= 11 is 0. The fourth-order valence-electron chi connectivity index (χ4n) is 1.23. The molecule has 0 amide bonds. The van der Waals surface area contributed by atoms with Crippen molar-refractivity contribution in [1.82, 2.24) is 9.97 Å². The van der Waals surface area contributed by atoms with Crippen LogP contribution in [0.25, 0.3) is 11.3 Å². The highest BCUT2D eigenvalue weighted by atomic mass is 19.1. The summed E-state index contributed by atoms with van der Waals surface area (Å²) in [6, 6.07) is 3.38. The van der Waals surface area contributed by atoms with E-state index in [0.29, 0.717) is 5.69 Å². The van der Waals surface area contributed by atoms with Crippen LogP contribution >= 0.6 is 0 Å². The minimum atomic E-state index is -0.631. The molecule has 0 N–H and O–H groups in total. The van der Waals surface area contributed by atoms with E-state index in [9.17, 15) is 8.78 Å². The number of hydrogen-bond donors (Lipinski definition) is 0. The highest BCUT2D eigenvalue weighted by Crippen LogP contribution is 2.20. The van der Waals surface area contributed by atoms with Crippen LogP contribution in [0.2, 0.25) is 0 Å². The minimum Gasteiger partial charge on any atom is -0.258 e. The van der Waals surface area contributed by atoms with Crippen molar-refractivity contribution in [3.8, 4) is 11.3 Å². The number of nitrogens with zero attached hydrogens (tertiary/aromatic N) is 2. The van der Waals surface area contributed by atoms with Gasteiger partial charge < -0.3 is 0 Å². The van der Waals surface area contributed by atoms with E-state index in [1.807, 2.05) is 0 Å². The first-order valence-corrected chi connectivity index (χ1v) is 4.41. The highest BCUT2D eigenvalue weighted by molar-refractivity contribution is 5.58. The molecule has 1 heterocycles. The van der Waals surface area contributed by atoms with Crippen molar-refractivity contribution in [2.45, 2.75) is 6.92 Å². The summed E-state index contributed by atoms with van der Waals surface area (Å²) in [5, 5.41) is 0. The van der Waals surface area contributed by atoms with E-state index in [0.717, 1.165) is 11.8 Å². The van der Waals surface area contributed by atoms with E-state index in [-0.39, 0.29) is 5.56 Å². The van der Waals surface area contributed by atoms with Crippen LogP contribution in [0.1, 0.15) is 5.69 Å². The molecule has 2 aromatic rings. The lowest BCUT2D eigenvalue weighted by Gasteiger charge is -2.02. The summed E-state index contributed by atoms with van der Waals surface area (Å²) in [4.78, 5) is 8.01. The number of aromatic nitrogens is 2. The van der Waals surface area contributed by atoms with Gasteiger partial charge in [-0.15, -0.1) is 0 Å². The molecule has 76 valence electrons. The van der Waals surface area contributed by atoms with Crippen LogP contribution in [0.4, 0.5) is 8.78 Å². The van der Waals surface area contributed by atoms with Crippen LogP contribution in [0.3, 0.4) is 0 Å².